The molecule has 0 atom stereocenters. The van der Waals surface area contributed by atoms with Crippen LogP contribution < -0.4 is 10.1 Å². The van der Waals surface area contributed by atoms with Crippen LogP contribution in [0.1, 0.15) is 19.4 Å². The highest BCUT2D eigenvalue weighted by Gasteiger charge is 2.29. The quantitative estimate of drug-likeness (QED) is 0.668. The standard InChI is InChI=1S/C14H16N2O3/c1-9(2)19-11-6-4-10(5-7-11)8-12-13(17)16(3)14(18)15-12/h4-9H,1-3H3,(H,15,18)/b12-8+. The lowest BCUT2D eigenvalue weighted by molar-refractivity contribution is -0.121. The maximum Gasteiger partial charge on any atom is 0.328 e. The highest BCUT2D eigenvalue weighted by atomic mass is 16.5. The fraction of sp³-hybridized carbons (Fsp3) is 0.286. The van der Waals surface area contributed by atoms with Gasteiger partial charge in [0.1, 0.15) is 11.4 Å². The average molecular weight is 260 g/mol. The zero-order chi connectivity index (χ0) is 14.0. The summed E-state index contributed by atoms with van der Waals surface area (Å²) < 4.78 is 5.53. The molecule has 2 rings (SSSR count). The molecule has 1 aromatic rings. The Labute approximate surface area is 111 Å². The van der Waals surface area contributed by atoms with E-state index in [4.69, 9.17) is 4.74 Å². The van der Waals surface area contributed by atoms with E-state index < -0.39 is 6.03 Å². The number of imide groups is 1. The minimum absolute atomic E-state index is 0.119. The second-order valence-electron chi connectivity index (χ2n) is 4.59. The van der Waals surface area contributed by atoms with Crippen LogP contribution in [-0.2, 0) is 4.79 Å². The van der Waals surface area contributed by atoms with Crippen LogP contribution in [0.5, 0.6) is 5.75 Å². The smallest absolute Gasteiger partial charge is 0.328 e. The Morgan fingerprint density at radius 1 is 1.21 bits per heavy atom. The first-order valence-corrected chi connectivity index (χ1v) is 6.05. The summed E-state index contributed by atoms with van der Waals surface area (Å²) in [7, 11) is 1.44. The van der Waals surface area contributed by atoms with Crippen LogP contribution in [0.4, 0.5) is 4.79 Å². The molecule has 0 aliphatic carbocycles. The second kappa shape index (κ2) is 5.14. The van der Waals surface area contributed by atoms with E-state index in [0.29, 0.717) is 0 Å². The fourth-order valence-electron chi connectivity index (χ4n) is 1.70. The first-order valence-electron chi connectivity index (χ1n) is 6.05. The predicted octanol–water partition coefficient (Wildman–Crippen LogP) is 2.00. The number of ether oxygens (including phenoxy) is 1. The Morgan fingerprint density at radius 3 is 2.32 bits per heavy atom. The summed E-state index contributed by atoms with van der Waals surface area (Å²) in [5, 5.41) is 2.52. The molecule has 5 nitrogen and oxygen atoms in total. The zero-order valence-electron chi connectivity index (χ0n) is 11.1. The third-order valence-corrected chi connectivity index (χ3v) is 2.64. The third-order valence-electron chi connectivity index (χ3n) is 2.64. The first kappa shape index (κ1) is 13.1. The van der Waals surface area contributed by atoms with Gasteiger partial charge in [0.25, 0.3) is 5.91 Å². The van der Waals surface area contributed by atoms with Crippen molar-refractivity contribution in [1.29, 1.82) is 0 Å². The summed E-state index contributed by atoms with van der Waals surface area (Å²) >= 11 is 0. The van der Waals surface area contributed by atoms with Crippen LogP contribution in [0.25, 0.3) is 6.08 Å². The number of rotatable bonds is 3. The SMILES string of the molecule is CC(C)Oc1ccc(/C=C2/NC(=O)N(C)C2=O)cc1. The highest BCUT2D eigenvalue weighted by Crippen LogP contribution is 2.17. The van der Waals surface area contributed by atoms with Crippen LogP contribution in [0.3, 0.4) is 0 Å². The summed E-state index contributed by atoms with van der Waals surface area (Å²) in [5.41, 5.74) is 1.11. The van der Waals surface area contributed by atoms with E-state index in [0.717, 1.165) is 16.2 Å². The molecule has 0 radical (unpaired) electrons. The molecule has 0 spiro atoms. The van der Waals surface area contributed by atoms with Crippen molar-refractivity contribution in [3.63, 3.8) is 0 Å². The van der Waals surface area contributed by atoms with Gasteiger partial charge in [-0.25, -0.2) is 4.79 Å². The molecule has 0 saturated carbocycles. The number of carbonyl (C=O) groups excluding carboxylic acids is 2. The number of hydrogen-bond donors (Lipinski definition) is 1. The van der Waals surface area contributed by atoms with Gasteiger partial charge in [-0.3, -0.25) is 9.69 Å². The van der Waals surface area contributed by atoms with Crippen molar-refractivity contribution in [2.45, 2.75) is 20.0 Å². The van der Waals surface area contributed by atoms with Gasteiger partial charge in [-0.15, -0.1) is 0 Å². The van der Waals surface area contributed by atoms with Crippen molar-refractivity contribution in [1.82, 2.24) is 10.2 Å². The number of likely N-dealkylation sites (N-methyl/N-ethyl adjacent to an activating group) is 1. The number of benzene rings is 1. The zero-order valence-corrected chi connectivity index (χ0v) is 11.1. The monoisotopic (exact) mass is 260 g/mol. The molecule has 1 N–H and O–H groups in total. The summed E-state index contributed by atoms with van der Waals surface area (Å²) in [6.45, 7) is 3.91. The number of nitrogens with zero attached hydrogens (tertiary/aromatic N) is 1. The minimum atomic E-state index is -0.406. The Hall–Kier alpha value is -2.30. The van der Waals surface area contributed by atoms with Gasteiger partial charge in [0.15, 0.2) is 0 Å². The van der Waals surface area contributed by atoms with E-state index >= 15 is 0 Å². The first-order chi connectivity index (χ1) is 8.97. The molecule has 1 aromatic carbocycles. The normalized spacial score (nSPS) is 17.3. The van der Waals surface area contributed by atoms with Gasteiger partial charge in [0.2, 0.25) is 0 Å². The number of urea groups is 1. The Bertz CT molecular complexity index is 532. The average Bonchev–Trinajstić information content (AvgIpc) is 2.59. The maximum atomic E-state index is 11.7. The van der Waals surface area contributed by atoms with Crippen LogP contribution >= 0.6 is 0 Å². The van der Waals surface area contributed by atoms with Crippen molar-refractivity contribution in [3.8, 4) is 5.75 Å². The van der Waals surface area contributed by atoms with Gasteiger partial charge in [-0.1, -0.05) is 12.1 Å². The molecule has 100 valence electrons. The molecule has 0 unspecified atom stereocenters. The maximum absolute atomic E-state index is 11.7. The van der Waals surface area contributed by atoms with Crippen molar-refractivity contribution in [2.75, 3.05) is 7.05 Å². The lowest BCUT2D eigenvalue weighted by Crippen LogP contribution is -2.25. The van der Waals surface area contributed by atoms with E-state index in [9.17, 15) is 9.59 Å². The fourth-order valence-corrected chi connectivity index (χ4v) is 1.70. The molecule has 0 aromatic heterocycles. The Morgan fingerprint density at radius 2 is 1.84 bits per heavy atom. The van der Waals surface area contributed by atoms with Gasteiger partial charge >= 0.3 is 6.03 Å². The number of carbonyl (C=O) groups is 2. The summed E-state index contributed by atoms with van der Waals surface area (Å²) in [5.74, 6) is 0.448. The van der Waals surface area contributed by atoms with Crippen LogP contribution in [0, 0.1) is 0 Å². The molecular weight excluding hydrogens is 244 g/mol. The molecular formula is C14H16N2O3. The second-order valence-corrected chi connectivity index (χ2v) is 4.59. The summed E-state index contributed by atoms with van der Waals surface area (Å²) in [6, 6.07) is 6.93. The van der Waals surface area contributed by atoms with E-state index in [-0.39, 0.29) is 17.7 Å². The van der Waals surface area contributed by atoms with Crippen molar-refractivity contribution in [2.24, 2.45) is 0 Å². The molecule has 1 fully saturated rings. The van der Waals surface area contributed by atoms with Crippen LogP contribution in [0.15, 0.2) is 30.0 Å². The molecule has 1 saturated heterocycles. The molecule has 5 heteroatoms. The van der Waals surface area contributed by atoms with Crippen molar-refractivity contribution >= 4 is 18.0 Å². The lowest BCUT2D eigenvalue weighted by Gasteiger charge is -2.09. The Balaban J connectivity index is 2.16. The van der Waals surface area contributed by atoms with Gasteiger partial charge < -0.3 is 10.1 Å². The van der Waals surface area contributed by atoms with Crippen molar-refractivity contribution < 1.29 is 14.3 Å². The predicted molar refractivity (Wildman–Crippen MR) is 71.5 cm³/mol. The van der Waals surface area contributed by atoms with Gasteiger partial charge in [0, 0.05) is 7.05 Å². The van der Waals surface area contributed by atoms with Gasteiger partial charge in [-0.05, 0) is 37.6 Å². The van der Waals surface area contributed by atoms with Crippen molar-refractivity contribution in [3.05, 3.63) is 35.5 Å². The number of amides is 3. The minimum Gasteiger partial charge on any atom is -0.491 e. The van der Waals surface area contributed by atoms with E-state index in [1.807, 2.05) is 38.1 Å². The molecule has 1 aliphatic rings. The van der Waals surface area contributed by atoms with Gasteiger partial charge in [0.05, 0.1) is 6.10 Å². The summed E-state index contributed by atoms with van der Waals surface area (Å²) in [6.07, 6.45) is 1.76. The number of nitrogens with one attached hydrogen (secondary N) is 1. The molecule has 0 bridgehead atoms. The van der Waals surface area contributed by atoms with E-state index in [2.05, 4.69) is 5.32 Å². The van der Waals surface area contributed by atoms with E-state index in [1.165, 1.54) is 7.05 Å². The van der Waals surface area contributed by atoms with Crippen LogP contribution in [-0.4, -0.2) is 30.0 Å². The molecule has 1 heterocycles. The molecule has 3 amide bonds. The lowest BCUT2D eigenvalue weighted by atomic mass is 10.2. The largest absolute Gasteiger partial charge is 0.491 e. The van der Waals surface area contributed by atoms with Crippen LogP contribution in [0.2, 0.25) is 0 Å². The third kappa shape index (κ3) is 2.93. The van der Waals surface area contributed by atoms with E-state index in [1.54, 1.807) is 6.08 Å². The topological polar surface area (TPSA) is 58.6 Å². The molecule has 1 aliphatic heterocycles. The van der Waals surface area contributed by atoms with Gasteiger partial charge in [-0.2, -0.15) is 0 Å². The molecule has 19 heavy (non-hydrogen) atoms. The Kier molecular flexibility index (Phi) is 3.55. The number of hydrogen-bond acceptors (Lipinski definition) is 3. The summed E-state index contributed by atoms with van der Waals surface area (Å²) in [4.78, 5) is 24.0. The highest BCUT2D eigenvalue weighted by molar-refractivity contribution is 6.13.